The summed E-state index contributed by atoms with van der Waals surface area (Å²) in [4.78, 5) is 4.15. The van der Waals surface area contributed by atoms with E-state index in [1.807, 2.05) is 24.3 Å². The normalized spacial score (nSPS) is 11.1. The molecule has 2 rings (SSSR count). The number of benzene rings is 1. The summed E-state index contributed by atoms with van der Waals surface area (Å²) in [5.41, 5.74) is 1.63. The number of hydrogen-bond donors (Lipinski definition) is 2. The van der Waals surface area contributed by atoms with E-state index in [1.165, 1.54) is 11.8 Å². The van der Waals surface area contributed by atoms with Gasteiger partial charge in [0.05, 0.1) is 18.1 Å². The van der Waals surface area contributed by atoms with Gasteiger partial charge in [-0.15, -0.1) is 0 Å². The van der Waals surface area contributed by atoms with Crippen LogP contribution in [0.25, 0.3) is 0 Å². The van der Waals surface area contributed by atoms with Crippen LogP contribution in [0.5, 0.6) is 0 Å². The minimum Gasteiger partial charge on any atom is -0.370 e. The average Bonchev–Trinajstić information content (AvgIpc) is 2.41. The van der Waals surface area contributed by atoms with Crippen LogP contribution in [0, 0.1) is 0 Å². The number of hydrogen-bond acceptors (Lipinski definition) is 4. The molecule has 0 atom stereocenters. The first kappa shape index (κ1) is 15.6. The zero-order valence-electron chi connectivity index (χ0n) is 11.5. The summed E-state index contributed by atoms with van der Waals surface area (Å²) in [6.45, 7) is 0.730. The smallest absolute Gasteiger partial charge is 0.229 e. The number of nitrogens with one attached hydrogen (secondary N) is 2. The summed E-state index contributed by atoms with van der Waals surface area (Å²) in [7, 11) is -3.27. The fourth-order valence-corrected chi connectivity index (χ4v) is 2.43. The van der Waals surface area contributed by atoms with E-state index in [0.29, 0.717) is 11.5 Å². The first-order valence-corrected chi connectivity index (χ1v) is 8.61. The Bertz CT molecular complexity index is 685. The molecule has 5 nitrogen and oxygen atoms in total. The second-order valence-electron chi connectivity index (χ2n) is 4.61. The molecule has 0 amide bonds. The third-order valence-corrected chi connectivity index (χ3v) is 3.56. The van der Waals surface area contributed by atoms with Crippen molar-refractivity contribution in [3.8, 4) is 0 Å². The Morgan fingerprint density at radius 3 is 2.43 bits per heavy atom. The highest BCUT2D eigenvalue weighted by Gasteiger charge is 2.02. The van der Waals surface area contributed by atoms with E-state index >= 15 is 0 Å². The molecule has 0 saturated carbocycles. The van der Waals surface area contributed by atoms with Crippen LogP contribution in [-0.4, -0.2) is 26.2 Å². The molecule has 0 aliphatic carbocycles. The summed E-state index contributed by atoms with van der Waals surface area (Å²) >= 11 is 5.83. The molecule has 0 saturated heterocycles. The van der Waals surface area contributed by atoms with Gasteiger partial charge in [0.15, 0.2) is 0 Å². The summed E-state index contributed by atoms with van der Waals surface area (Å²) in [6.07, 6.45) is 3.43. The molecule has 0 unspecified atom stereocenters. The Labute approximate surface area is 129 Å². The Morgan fingerprint density at radius 2 is 1.86 bits per heavy atom. The lowest BCUT2D eigenvalue weighted by Gasteiger charge is -2.07. The maximum Gasteiger partial charge on any atom is 0.229 e. The molecule has 1 aromatic heterocycles. The van der Waals surface area contributed by atoms with Crippen LogP contribution in [0.3, 0.4) is 0 Å². The highest BCUT2D eigenvalue weighted by Crippen LogP contribution is 2.12. The lowest BCUT2D eigenvalue weighted by molar-refractivity contribution is 0.607. The van der Waals surface area contributed by atoms with Crippen molar-refractivity contribution in [2.75, 3.05) is 22.8 Å². The monoisotopic (exact) mass is 325 g/mol. The number of aromatic nitrogens is 1. The van der Waals surface area contributed by atoms with Gasteiger partial charge in [-0.1, -0.05) is 23.7 Å². The van der Waals surface area contributed by atoms with Gasteiger partial charge >= 0.3 is 0 Å². The molecule has 0 spiro atoms. The number of halogens is 1. The lowest BCUT2D eigenvalue weighted by atomic mass is 10.1. The third kappa shape index (κ3) is 5.61. The molecule has 0 bridgehead atoms. The van der Waals surface area contributed by atoms with Gasteiger partial charge in [-0.25, -0.2) is 13.4 Å². The van der Waals surface area contributed by atoms with Crippen molar-refractivity contribution in [2.24, 2.45) is 0 Å². The van der Waals surface area contributed by atoms with E-state index in [2.05, 4.69) is 15.0 Å². The third-order valence-electron chi connectivity index (χ3n) is 2.70. The Balaban J connectivity index is 1.85. The van der Waals surface area contributed by atoms with E-state index in [4.69, 9.17) is 11.6 Å². The standard InChI is InChI=1S/C14H16ClN3O2S/c1-21(19,20)18-13-6-7-14(17-10-13)16-9-8-11-2-4-12(15)5-3-11/h2-7,10,18H,8-9H2,1H3,(H,16,17). The Morgan fingerprint density at radius 1 is 1.14 bits per heavy atom. The van der Waals surface area contributed by atoms with Crippen LogP contribution in [0.2, 0.25) is 5.02 Å². The van der Waals surface area contributed by atoms with Crippen LogP contribution >= 0.6 is 11.6 Å². The fraction of sp³-hybridized carbons (Fsp3) is 0.214. The van der Waals surface area contributed by atoms with Crippen LogP contribution in [0.1, 0.15) is 5.56 Å². The minimum atomic E-state index is -3.27. The highest BCUT2D eigenvalue weighted by molar-refractivity contribution is 7.92. The molecule has 7 heteroatoms. The van der Waals surface area contributed by atoms with Crippen molar-refractivity contribution >= 4 is 33.1 Å². The molecule has 2 aromatic rings. The van der Waals surface area contributed by atoms with Crippen LogP contribution in [0.4, 0.5) is 11.5 Å². The molecule has 0 aliphatic rings. The molecule has 1 heterocycles. The van der Waals surface area contributed by atoms with Gasteiger partial charge in [0, 0.05) is 11.6 Å². The average molecular weight is 326 g/mol. The molecule has 0 aliphatic heterocycles. The Kier molecular flexibility index (Phi) is 5.03. The largest absolute Gasteiger partial charge is 0.370 e. The van der Waals surface area contributed by atoms with Crippen molar-refractivity contribution < 1.29 is 8.42 Å². The van der Waals surface area contributed by atoms with Gasteiger partial charge in [0.25, 0.3) is 0 Å². The molecule has 2 N–H and O–H groups in total. The predicted molar refractivity (Wildman–Crippen MR) is 86.3 cm³/mol. The molecule has 0 fully saturated rings. The van der Waals surface area contributed by atoms with E-state index < -0.39 is 10.0 Å². The quantitative estimate of drug-likeness (QED) is 0.856. The van der Waals surface area contributed by atoms with Gasteiger partial charge < -0.3 is 5.32 Å². The van der Waals surface area contributed by atoms with Gasteiger partial charge in [0.1, 0.15) is 5.82 Å². The molecule has 21 heavy (non-hydrogen) atoms. The van der Waals surface area contributed by atoms with Crippen LogP contribution < -0.4 is 10.0 Å². The number of anilines is 2. The second-order valence-corrected chi connectivity index (χ2v) is 6.79. The summed E-state index contributed by atoms with van der Waals surface area (Å²) in [5, 5.41) is 3.90. The SMILES string of the molecule is CS(=O)(=O)Nc1ccc(NCCc2ccc(Cl)cc2)nc1. The zero-order valence-corrected chi connectivity index (χ0v) is 13.1. The van der Waals surface area contributed by atoms with Crippen molar-refractivity contribution in [3.63, 3.8) is 0 Å². The maximum absolute atomic E-state index is 11.1. The van der Waals surface area contributed by atoms with E-state index in [-0.39, 0.29) is 0 Å². The summed E-state index contributed by atoms with van der Waals surface area (Å²) in [6, 6.07) is 11.1. The van der Waals surface area contributed by atoms with Crippen molar-refractivity contribution in [1.29, 1.82) is 0 Å². The van der Waals surface area contributed by atoms with E-state index in [9.17, 15) is 8.42 Å². The number of rotatable bonds is 6. The van der Waals surface area contributed by atoms with Gasteiger partial charge in [-0.05, 0) is 36.2 Å². The number of sulfonamides is 1. The van der Waals surface area contributed by atoms with Crippen molar-refractivity contribution in [3.05, 3.63) is 53.2 Å². The highest BCUT2D eigenvalue weighted by atomic mass is 35.5. The second kappa shape index (κ2) is 6.78. The predicted octanol–water partition coefficient (Wildman–Crippen LogP) is 2.76. The van der Waals surface area contributed by atoms with Gasteiger partial charge in [0.2, 0.25) is 10.0 Å². The molecule has 0 radical (unpaired) electrons. The first-order valence-electron chi connectivity index (χ1n) is 6.34. The number of pyridine rings is 1. The maximum atomic E-state index is 11.1. The van der Waals surface area contributed by atoms with E-state index in [1.54, 1.807) is 12.1 Å². The number of nitrogens with zero attached hydrogens (tertiary/aromatic N) is 1. The minimum absolute atomic E-state index is 0.445. The van der Waals surface area contributed by atoms with Crippen molar-refractivity contribution in [1.82, 2.24) is 4.98 Å². The molecular weight excluding hydrogens is 310 g/mol. The summed E-state index contributed by atoms with van der Waals surface area (Å²) in [5.74, 6) is 0.697. The van der Waals surface area contributed by atoms with Crippen LogP contribution in [-0.2, 0) is 16.4 Å². The van der Waals surface area contributed by atoms with Crippen molar-refractivity contribution in [2.45, 2.75) is 6.42 Å². The topological polar surface area (TPSA) is 71.1 Å². The molecule has 1 aromatic carbocycles. The first-order chi connectivity index (χ1) is 9.92. The molecular formula is C14H16ClN3O2S. The van der Waals surface area contributed by atoms with Gasteiger partial charge in [-0.2, -0.15) is 0 Å². The zero-order chi connectivity index (χ0) is 15.3. The fourth-order valence-electron chi connectivity index (χ4n) is 1.76. The summed E-state index contributed by atoms with van der Waals surface area (Å²) < 4.78 is 24.5. The van der Waals surface area contributed by atoms with Crippen LogP contribution in [0.15, 0.2) is 42.6 Å². The lowest BCUT2D eigenvalue weighted by Crippen LogP contribution is -2.10. The van der Waals surface area contributed by atoms with Gasteiger partial charge in [-0.3, -0.25) is 4.72 Å². The Hall–Kier alpha value is -1.79. The molecule has 112 valence electrons. The van der Waals surface area contributed by atoms with E-state index in [0.717, 1.165) is 24.2 Å².